The van der Waals surface area contributed by atoms with Gasteiger partial charge in [-0.2, -0.15) is 0 Å². The van der Waals surface area contributed by atoms with E-state index in [9.17, 15) is 4.79 Å². The predicted molar refractivity (Wildman–Crippen MR) is 119 cm³/mol. The summed E-state index contributed by atoms with van der Waals surface area (Å²) in [4.78, 5) is 18.3. The first-order valence-electron chi connectivity index (χ1n) is 10.7. The number of methoxy groups -OCH3 is 1. The summed E-state index contributed by atoms with van der Waals surface area (Å²) in [6.45, 7) is 6.18. The molecule has 0 bridgehead atoms. The molecule has 4 rings (SSSR count). The van der Waals surface area contributed by atoms with Crippen molar-refractivity contribution in [2.75, 3.05) is 26.8 Å². The molecule has 1 aromatic heterocycles. The number of carbonyl (C=O) groups is 1. The van der Waals surface area contributed by atoms with Crippen molar-refractivity contribution in [3.05, 3.63) is 65.4 Å². The Labute approximate surface area is 178 Å². The van der Waals surface area contributed by atoms with Crippen LogP contribution in [-0.2, 0) is 9.53 Å². The number of hydrogen-bond donors (Lipinski definition) is 1. The molecule has 0 radical (unpaired) electrons. The molecule has 1 atom stereocenters. The number of H-pyrrole nitrogens is 1. The minimum Gasteiger partial charge on any atom is -0.497 e. The van der Waals surface area contributed by atoms with Gasteiger partial charge in [0, 0.05) is 22.2 Å². The van der Waals surface area contributed by atoms with Gasteiger partial charge in [-0.25, -0.2) is 0 Å². The summed E-state index contributed by atoms with van der Waals surface area (Å²) in [5, 5.41) is 1.25. The van der Waals surface area contributed by atoms with Crippen LogP contribution in [0.4, 0.5) is 0 Å². The largest absolute Gasteiger partial charge is 0.497 e. The zero-order valence-corrected chi connectivity index (χ0v) is 18.0. The Morgan fingerprint density at radius 3 is 2.50 bits per heavy atom. The Kier molecular flexibility index (Phi) is 6.09. The molecule has 1 saturated heterocycles. The monoisotopic (exact) mass is 406 g/mol. The number of nitrogens with zero attached hydrogens (tertiary/aromatic N) is 1. The van der Waals surface area contributed by atoms with Gasteiger partial charge in [0.05, 0.1) is 25.7 Å². The summed E-state index contributed by atoms with van der Waals surface area (Å²) >= 11 is 0. The Morgan fingerprint density at radius 1 is 1.13 bits per heavy atom. The number of aryl methyl sites for hydroxylation is 1. The highest BCUT2D eigenvalue weighted by Crippen LogP contribution is 2.38. The zero-order valence-electron chi connectivity index (χ0n) is 18.0. The maximum Gasteiger partial charge on any atom is 0.309 e. The predicted octanol–water partition coefficient (Wildman–Crippen LogP) is 4.85. The van der Waals surface area contributed by atoms with E-state index in [1.807, 2.05) is 19.1 Å². The smallest absolute Gasteiger partial charge is 0.309 e. The normalized spacial score (nSPS) is 16.5. The van der Waals surface area contributed by atoms with Gasteiger partial charge in [0.1, 0.15) is 5.75 Å². The van der Waals surface area contributed by atoms with Gasteiger partial charge in [-0.1, -0.05) is 30.3 Å². The minimum absolute atomic E-state index is 0.00165. The molecule has 30 heavy (non-hydrogen) atoms. The fourth-order valence-corrected chi connectivity index (χ4v) is 4.65. The van der Waals surface area contributed by atoms with Crippen molar-refractivity contribution in [1.82, 2.24) is 9.88 Å². The van der Waals surface area contributed by atoms with Gasteiger partial charge in [-0.05, 0) is 63.5 Å². The van der Waals surface area contributed by atoms with Gasteiger partial charge in [0.2, 0.25) is 0 Å². The molecule has 1 fully saturated rings. The van der Waals surface area contributed by atoms with Crippen molar-refractivity contribution in [3.63, 3.8) is 0 Å². The summed E-state index contributed by atoms with van der Waals surface area (Å²) in [6, 6.07) is 17.0. The summed E-state index contributed by atoms with van der Waals surface area (Å²) < 4.78 is 10.6. The van der Waals surface area contributed by atoms with Crippen molar-refractivity contribution in [1.29, 1.82) is 0 Å². The van der Waals surface area contributed by atoms with E-state index < -0.39 is 0 Å². The van der Waals surface area contributed by atoms with E-state index in [-0.39, 0.29) is 17.9 Å². The lowest BCUT2D eigenvalue weighted by atomic mass is 9.90. The number of fused-ring (bicyclic) bond motifs is 1. The van der Waals surface area contributed by atoms with E-state index in [0.717, 1.165) is 37.2 Å². The molecule has 1 N–H and O–H groups in total. The molecular formula is C25H30N2O3. The molecule has 2 heterocycles. The number of likely N-dealkylation sites (tertiary alicyclic amines) is 1. The highest BCUT2D eigenvalue weighted by molar-refractivity contribution is 5.85. The van der Waals surface area contributed by atoms with E-state index in [2.05, 4.69) is 53.2 Å². The highest BCUT2D eigenvalue weighted by atomic mass is 16.5. The third-order valence-corrected chi connectivity index (χ3v) is 6.16. The number of piperidine rings is 1. The average Bonchev–Trinajstić information content (AvgIpc) is 3.11. The number of aromatic amines is 1. The molecule has 1 aliphatic heterocycles. The molecule has 158 valence electrons. The second kappa shape index (κ2) is 8.92. The Hall–Kier alpha value is -2.79. The average molecular weight is 407 g/mol. The fourth-order valence-electron chi connectivity index (χ4n) is 4.65. The number of rotatable bonds is 6. The van der Waals surface area contributed by atoms with Crippen LogP contribution in [0.3, 0.4) is 0 Å². The molecule has 0 amide bonds. The Bertz CT molecular complexity index is 1000. The number of esters is 1. The van der Waals surface area contributed by atoms with Crippen molar-refractivity contribution < 1.29 is 14.3 Å². The molecule has 0 saturated carbocycles. The van der Waals surface area contributed by atoms with Crippen LogP contribution in [0.15, 0.2) is 48.5 Å². The van der Waals surface area contributed by atoms with Crippen LogP contribution in [0, 0.1) is 12.8 Å². The van der Waals surface area contributed by atoms with Crippen molar-refractivity contribution in [2.24, 2.45) is 5.92 Å². The van der Waals surface area contributed by atoms with E-state index in [0.29, 0.717) is 6.61 Å². The van der Waals surface area contributed by atoms with Crippen LogP contribution in [0.5, 0.6) is 5.75 Å². The Balaban J connectivity index is 1.70. The molecular weight excluding hydrogens is 376 g/mol. The summed E-state index contributed by atoms with van der Waals surface area (Å²) in [7, 11) is 1.69. The Morgan fingerprint density at radius 2 is 1.83 bits per heavy atom. The molecule has 5 heteroatoms. The third-order valence-electron chi connectivity index (χ3n) is 6.16. The number of carbonyl (C=O) groups excluding carboxylic acids is 1. The summed E-state index contributed by atoms with van der Waals surface area (Å²) in [5.74, 6) is 0.803. The molecule has 0 spiro atoms. The zero-order chi connectivity index (χ0) is 21.1. The molecule has 5 nitrogen and oxygen atoms in total. The van der Waals surface area contributed by atoms with Crippen LogP contribution in [0.1, 0.15) is 42.6 Å². The lowest BCUT2D eigenvalue weighted by Gasteiger charge is -2.37. The first kappa shape index (κ1) is 20.5. The number of nitrogens with one attached hydrogen (secondary N) is 1. The van der Waals surface area contributed by atoms with Crippen LogP contribution in [-0.4, -0.2) is 42.7 Å². The topological polar surface area (TPSA) is 54.6 Å². The minimum atomic E-state index is -0.0542. The van der Waals surface area contributed by atoms with Gasteiger partial charge < -0.3 is 14.5 Å². The van der Waals surface area contributed by atoms with Crippen molar-refractivity contribution >= 4 is 16.9 Å². The van der Waals surface area contributed by atoms with Gasteiger partial charge in [0.25, 0.3) is 0 Å². The third kappa shape index (κ3) is 3.94. The standard InChI is InChI=1S/C25H30N2O3/c1-4-30-25(28)19-13-15-27(16-14-19)24(18-9-11-20(29-3)12-10-18)23-17(2)26-22-8-6-5-7-21(22)23/h5-12,19,24,26H,4,13-16H2,1-3H3. The number of benzene rings is 2. The summed E-state index contributed by atoms with van der Waals surface area (Å²) in [6.07, 6.45) is 1.65. The lowest BCUT2D eigenvalue weighted by molar-refractivity contribution is -0.149. The first-order chi connectivity index (χ1) is 14.6. The maximum absolute atomic E-state index is 12.2. The second-order valence-electron chi connectivity index (χ2n) is 7.95. The summed E-state index contributed by atoms with van der Waals surface area (Å²) in [5.41, 5.74) is 4.89. The van der Waals surface area contributed by atoms with Crippen molar-refractivity contribution in [3.8, 4) is 5.75 Å². The number of ether oxygens (including phenoxy) is 2. The number of aromatic nitrogens is 1. The number of hydrogen-bond acceptors (Lipinski definition) is 4. The van der Waals surface area contributed by atoms with E-state index >= 15 is 0 Å². The first-order valence-corrected chi connectivity index (χ1v) is 10.7. The molecule has 2 aromatic carbocycles. The van der Waals surface area contributed by atoms with Crippen LogP contribution in [0.2, 0.25) is 0 Å². The van der Waals surface area contributed by atoms with Crippen LogP contribution >= 0.6 is 0 Å². The number of para-hydroxylation sites is 1. The van der Waals surface area contributed by atoms with E-state index in [4.69, 9.17) is 9.47 Å². The van der Waals surface area contributed by atoms with Gasteiger partial charge in [-0.3, -0.25) is 9.69 Å². The van der Waals surface area contributed by atoms with Gasteiger partial charge in [0.15, 0.2) is 0 Å². The fraction of sp³-hybridized carbons (Fsp3) is 0.400. The molecule has 3 aromatic rings. The molecule has 1 aliphatic rings. The van der Waals surface area contributed by atoms with E-state index in [1.54, 1.807) is 7.11 Å². The van der Waals surface area contributed by atoms with Crippen LogP contribution < -0.4 is 4.74 Å². The van der Waals surface area contributed by atoms with Gasteiger partial charge >= 0.3 is 5.97 Å². The van der Waals surface area contributed by atoms with Gasteiger partial charge in [-0.15, -0.1) is 0 Å². The maximum atomic E-state index is 12.2. The second-order valence-corrected chi connectivity index (χ2v) is 7.95. The lowest BCUT2D eigenvalue weighted by Crippen LogP contribution is -2.39. The van der Waals surface area contributed by atoms with Crippen molar-refractivity contribution in [2.45, 2.75) is 32.7 Å². The highest BCUT2D eigenvalue weighted by Gasteiger charge is 2.32. The molecule has 1 unspecified atom stereocenters. The quantitative estimate of drug-likeness (QED) is 0.595. The van der Waals surface area contributed by atoms with Crippen LogP contribution in [0.25, 0.3) is 10.9 Å². The molecule has 0 aliphatic carbocycles. The van der Waals surface area contributed by atoms with E-state index in [1.165, 1.54) is 22.2 Å². The SMILES string of the molecule is CCOC(=O)C1CCN(C(c2ccc(OC)cc2)c2c(C)[nH]c3ccccc23)CC1.